The molecule has 2 aromatic rings. The van der Waals surface area contributed by atoms with Crippen molar-refractivity contribution in [2.45, 2.75) is 11.8 Å². The molecule has 0 heterocycles. The van der Waals surface area contributed by atoms with E-state index in [0.29, 0.717) is 23.8 Å². The smallest absolute Gasteiger partial charge is 0.261 e. The van der Waals surface area contributed by atoms with Gasteiger partial charge in [0, 0.05) is 5.69 Å². The van der Waals surface area contributed by atoms with Gasteiger partial charge < -0.3 is 15.2 Å². The van der Waals surface area contributed by atoms with Gasteiger partial charge in [0.15, 0.2) is 0 Å². The normalized spacial score (nSPS) is 11.0. The third-order valence-corrected chi connectivity index (χ3v) is 4.31. The minimum absolute atomic E-state index is 0.0692. The largest absolute Gasteiger partial charge is 0.495 e. The van der Waals surface area contributed by atoms with Crippen molar-refractivity contribution in [1.29, 1.82) is 0 Å². The van der Waals surface area contributed by atoms with Gasteiger partial charge in [0.05, 0.1) is 24.3 Å². The van der Waals surface area contributed by atoms with E-state index in [1.165, 1.54) is 25.3 Å². The molecule has 0 bridgehead atoms. The van der Waals surface area contributed by atoms with Crippen molar-refractivity contribution in [3.05, 3.63) is 42.5 Å². The third kappa shape index (κ3) is 3.62. The third-order valence-electron chi connectivity index (χ3n) is 2.93. The van der Waals surface area contributed by atoms with Crippen LogP contribution in [0.5, 0.6) is 11.5 Å². The summed E-state index contributed by atoms with van der Waals surface area (Å²) in [6, 6.07) is 11.0. The molecule has 0 amide bonds. The molecule has 2 aromatic carbocycles. The maximum absolute atomic E-state index is 12.3. The SMILES string of the molecule is CCOc1ccc(NS(=O)(=O)c2ccc(OC)c(N)c2)cc1. The molecule has 0 aromatic heterocycles. The van der Waals surface area contributed by atoms with E-state index in [-0.39, 0.29) is 10.6 Å². The van der Waals surface area contributed by atoms with Gasteiger partial charge in [-0.3, -0.25) is 4.72 Å². The zero-order valence-corrected chi connectivity index (χ0v) is 13.2. The monoisotopic (exact) mass is 322 g/mol. The van der Waals surface area contributed by atoms with E-state index < -0.39 is 10.0 Å². The molecule has 0 spiro atoms. The van der Waals surface area contributed by atoms with Gasteiger partial charge in [-0.1, -0.05) is 0 Å². The van der Waals surface area contributed by atoms with E-state index in [1.807, 2.05) is 6.92 Å². The number of nitrogen functional groups attached to an aromatic ring is 1. The Morgan fingerprint density at radius 2 is 1.82 bits per heavy atom. The molecule has 0 atom stereocenters. The van der Waals surface area contributed by atoms with Gasteiger partial charge in [-0.2, -0.15) is 0 Å². The molecule has 6 nitrogen and oxygen atoms in total. The van der Waals surface area contributed by atoms with Crippen molar-refractivity contribution < 1.29 is 17.9 Å². The lowest BCUT2D eigenvalue weighted by molar-refractivity contribution is 0.340. The van der Waals surface area contributed by atoms with Crippen molar-refractivity contribution >= 4 is 21.4 Å². The van der Waals surface area contributed by atoms with Crippen LogP contribution in [0.4, 0.5) is 11.4 Å². The summed E-state index contributed by atoms with van der Waals surface area (Å²) in [6.45, 7) is 2.43. The number of sulfonamides is 1. The van der Waals surface area contributed by atoms with Crippen molar-refractivity contribution in [3.63, 3.8) is 0 Å². The summed E-state index contributed by atoms with van der Waals surface area (Å²) in [5.41, 5.74) is 6.45. The number of ether oxygens (including phenoxy) is 2. The number of hydrogen-bond donors (Lipinski definition) is 2. The Labute approximate surface area is 129 Å². The van der Waals surface area contributed by atoms with Gasteiger partial charge in [0.2, 0.25) is 0 Å². The van der Waals surface area contributed by atoms with Crippen molar-refractivity contribution in [2.24, 2.45) is 0 Å². The van der Waals surface area contributed by atoms with Crippen LogP contribution < -0.4 is 19.9 Å². The maximum atomic E-state index is 12.3. The molecule has 2 rings (SSSR count). The summed E-state index contributed by atoms with van der Waals surface area (Å²) in [5.74, 6) is 1.11. The Bertz CT molecular complexity index is 743. The lowest BCUT2D eigenvalue weighted by Gasteiger charge is -2.11. The number of methoxy groups -OCH3 is 1. The minimum atomic E-state index is -3.71. The molecule has 0 saturated heterocycles. The predicted molar refractivity (Wildman–Crippen MR) is 85.8 cm³/mol. The van der Waals surface area contributed by atoms with Gasteiger partial charge in [0.1, 0.15) is 11.5 Å². The topological polar surface area (TPSA) is 90.6 Å². The molecule has 7 heteroatoms. The highest BCUT2D eigenvalue weighted by Gasteiger charge is 2.16. The highest BCUT2D eigenvalue weighted by molar-refractivity contribution is 7.92. The van der Waals surface area contributed by atoms with Crippen LogP contribution in [-0.2, 0) is 10.0 Å². The molecule has 0 aliphatic heterocycles. The summed E-state index contributed by atoms with van der Waals surface area (Å²) in [6.07, 6.45) is 0. The highest BCUT2D eigenvalue weighted by Crippen LogP contribution is 2.26. The van der Waals surface area contributed by atoms with Gasteiger partial charge in [-0.25, -0.2) is 8.42 Å². The molecule has 3 N–H and O–H groups in total. The summed E-state index contributed by atoms with van der Waals surface area (Å²) in [7, 11) is -2.24. The van der Waals surface area contributed by atoms with E-state index >= 15 is 0 Å². The fraction of sp³-hybridized carbons (Fsp3) is 0.200. The summed E-state index contributed by atoms with van der Waals surface area (Å²) in [4.78, 5) is 0.0692. The van der Waals surface area contributed by atoms with Crippen LogP contribution in [0.15, 0.2) is 47.4 Å². The fourth-order valence-electron chi connectivity index (χ4n) is 1.88. The van der Waals surface area contributed by atoms with Crippen molar-refractivity contribution in [3.8, 4) is 11.5 Å². The van der Waals surface area contributed by atoms with Crippen molar-refractivity contribution in [2.75, 3.05) is 24.2 Å². The van der Waals surface area contributed by atoms with E-state index in [9.17, 15) is 8.42 Å². The Morgan fingerprint density at radius 1 is 1.14 bits per heavy atom. The van der Waals surface area contributed by atoms with Gasteiger partial charge in [-0.15, -0.1) is 0 Å². The van der Waals surface area contributed by atoms with Crippen molar-refractivity contribution in [1.82, 2.24) is 0 Å². The predicted octanol–water partition coefficient (Wildman–Crippen LogP) is 2.48. The first kappa shape index (κ1) is 16.0. The average molecular weight is 322 g/mol. The highest BCUT2D eigenvalue weighted by atomic mass is 32.2. The first-order valence-corrected chi connectivity index (χ1v) is 8.14. The maximum Gasteiger partial charge on any atom is 0.261 e. The van der Waals surface area contributed by atoms with E-state index in [4.69, 9.17) is 15.2 Å². The van der Waals surface area contributed by atoms with Crippen LogP contribution in [0, 0.1) is 0 Å². The summed E-state index contributed by atoms with van der Waals surface area (Å²) in [5, 5.41) is 0. The molecule has 0 aliphatic rings. The molecule has 22 heavy (non-hydrogen) atoms. The van der Waals surface area contributed by atoms with E-state index in [1.54, 1.807) is 24.3 Å². The Hall–Kier alpha value is -2.41. The number of nitrogens with one attached hydrogen (secondary N) is 1. The Kier molecular flexibility index (Phi) is 4.77. The average Bonchev–Trinajstić information content (AvgIpc) is 2.49. The van der Waals surface area contributed by atoms with E-state index in [0.717, 1.165) is 0 Å². The number of anilines is 2. The second-order valence-corrected chi connectivity index (χ2v) is 6.15. The van der Waals surface area contributed by atoms with E-state index in [2.05, 4.69) is 4.72 Å². The Morgan fingerprint density at radius 3 is 2.36 bits per heavy atom. The first-order chi connectivity index (χ1) is 10.5. The number of rotatable bonds is 6. The van der Waals surface area contributed by atoms with Gasteiger partial charge in [0.25, 0.3) is 10.0 Å². The molecular formula is C15H18N2O4S. The Balaban J connectivity index is 2.21. The molecular weight excluding hydrogens is 304 g/mol. The van der Waals surface area contributed by atoms with Crippen LogP contribution >= 0.6 is 0 Å². The molecule has 118 valence electrons. The van der Waals surface area contributed by atoms with Crippen LogP contribution in [0.2, 0.25) is 0 Å². The minimum Gasteiger partial charge on any atom is -0.495 e. The summed E-state index contributed by atoms with van der Waals surface area (Å²) < 4.78 is 37.5. The lowest BCUT2D eigenvalue weighted by Crippen LogP contribution is -2.13. The quantitative estimate of drug-likeness (QED) is 0.797. The summed E-state index contributed by atoms with van der Waals surface area (Å²) >= 11 is 0. The van der Waals surface area contributed by atoms with Crippen LogP contribution in [0.25, 0.3) is 0 Å². The molecule has 0 aliphatic carbocycles. The van der Waals surface area contributed by atoms with Gasteiger partial charge in [-0.05, 0) is 49.4 Å². The van der Waals surface area contributed by atoms with Crippen LogP contribution in [-0.4, -0.2) is 22.1 Å². The zero-order chi connectivity index (χ0) is 16.2. The molecule has 0 radical (unpaired) electrons. The zero-order valence-electron chi connectivity index (χ0n) is 12.4. The van der Waals surface area contributed by atoms with Crippen LogP contribution in [0.3, 0.4) is 0 Å². The lowest BCUT2D eigenvalue weighted by atomic mass is 10.3. The fourth-order valence-corrected chi connectivity index (χ4v) is 2.97. The van der Waals surface area contributed by atoms with Gasteiger partial charge >= 0.3 is 0 Å². The number of hydrogen-bond acceptors (Lipinski definition) is 5. The standard InChI is InChI=1S/C15H18N2O4S/c1-3-21-12-6-4-11(5-7-12)17-22(18,19)13-8-9-15(20-2)14(16)10-13/h4-10,17H,3,16H2,1-2H3. The molecule has 0 fully saturated rings. The van der Waals surface area contributed by atoms with Crippen LogP contribution in [0.1, 0.15) is 6.92 Å². The molecule has 0 saturated carbocycles. The molecule has 0 unspecified atom stereocenters. The number of benzene rings is 2. The second-order valence-electron chi connectivity index (χ2n) is 4.47. The second kappa shape index (κ2) is 6.57. The number of nitrogens with two attached hydrogens (primary N) is 1. The first-order valence-electron chi connectivity index (χ1n) is 6.65.